The van der Waals surface area contributed by atoms with Crippen molar-refractivity contribution >= 4 is 6.09 Å². The van der Waals surface area contributed by atoms with Crippen molar-refractivity contribution in [3.63, 3.8) is 0 Å². The number of hydrogen-bond acceptors (Lipinski definition) is 4. The third-order valence-electron chi connectivity index (χ3n) is 2.35. The zero-order chi connectivity index (χ0) is 12.3. The monoisotopic (exact) mass is 230 g/mol. The average Bonchev–Trinajstić information content (AvgIpc) is 2.15. The van der Waals surface area contributed by atoms with Crippen molar-refractivity contribution in [1.29, 1.82) is 0 Å². The molecular formula is C10H18N2O4. The van der Waals surface area contributed by atoms with Crippen LogP contribution < -0.4 is 0 Å². The van der Waals surface area contributed by atoms with Crippen molar-refractivity contribution in [3.8, 4) is 0 Å². The fourth-order valence-corrected chi connectivity index (χ4v) is 1.62. The molecule has 1 unspecified atom stereocenters. The van der Waals surface area contributed by atoms with Crippen molar-refractivity contribution in [2.75, 3.05) is 13.1 Å². The van der Waals surface area contributed by atoms with Crippen LogP contribution in [0.15, 0.2) is 0 Å². The topological polar surface area (TPSA) is 72.7 Å². The first kappa shape index (κ1) is 12.7. The van der Waals surface area contributed by atoms with E-state index < -0.39 is 17.7 Å². The van der Waals surface area contributed by atoms with Gasteiger partial charge in [0.1, 0.15) is 5.60 Å². The van der Waals surface area contributed by atoms with E-state index >= 15 is 0 Å². The predicted octanol–water partition coefficient (Wildman–Crippen LogP) is 1.66. The summed E-state index contributed by atoms with van der Waals surface area (Å²) in [5.41, 5.74) is -0.557. The second-order valence-corrected chi connectivity index (χ2v) is 5.01. The minimum atomic E-state index is -0.652. The molecule has 1 atom stereocenters. The zero-order valence-electron chi connectivity index (χ0n) is 9.93. The highest BCUT2D eigenvalue weighted by Gasteiger charge is 2.32. The highest BCUT2D eigenvalue weighted by Crippen LogP contribution is 2.16. The quantitative estimate of drug-likeness (QED) is 0.507. The van der Waals surface area contributed by atoms with Gasteiger partial charge in [-0.25, -0.2) is 4.79 Å². The van der Waals surface area contributed by atoms with Gasteiger partial charge in [0.15, 0.2) is 0 Å². The number of piperidine rings is 1. The Morgan fingerprint density at radius 2 is 2.12 bits per heavy atom. The third-order valence-corrected chi connectivity index (χ3v) is 2.35. The smallest absolute Gasteiger partial charge is 0.410 e. The van der Waals surface area contributed by atoms with Crippen LogP contribution in [-0.2, 0) is 4.74 Å². The van der Waals surface area contributed by atoms with E-state index in [0.717, 1.165) is 0 Å². The summed E-state index contributed by atoms with van der Waals surface area (Å²) < 4.78 is 5.17. The molecule has 0 saturated carbocycles. The van der Waals surface area contributed by atoms with Crippen LogP contribution in [0.1, 0.15) is 33.6 Å². The molecule has 0 aliphatic carbocycles. The number of nitrogens with zero attached hydrogens (tertiary/aromatic N) is 2. The molecule has 6 nitrogen and oxygen atoms in total. The maximum absolute atomic E-state index is 11.7. The van der Waals surface area contributed by atoms with Crippen LogP contribution in [0.4, 0.5) is 4.79 Å². The third kappa shape index (κ3) is 3.67. The van der Waals surface area contributed by atoms with Gasteiger partial charge in [-0.3, -0.25) is 10.1 Å². The van der Waals surface area contributed by atoms with Crippen molar-refractivity contribution in [3.05, 3.63) is 10.1 Å². The summed E-state index contributed by atoms with van der Waals surface area (Å²) >= 11 is 0. The normalized spacial score (nSPS) is 21.7. The van der Waals surface area contributed by atoms with Crippen molar-refractivity contribution in [2.45, 2.75) is 45.3 Å². The van der Waals surface area contributed by atoms with Crippen LogP contribution >= 0.6 is 0 Å². The highest BCUT2D eigenvalue weighted by atomic mass is 16.6. The summed E-state index contributed by atoms with van der Waals surface area (Å²) in [6.07, 6.45) is 0.732. The number of amides is 1. The number of nitro groups is 1. The van der Waals surface area contributed by atoms with E-state index in [1.807, 2.05) is 0 Å². The van der Waals surface area contributed by atoms with Gasteiger partial charge in [0.25, 0.3) is 0 Å². The van der Waals surface area contributed by atoms with Gasteiger partial charge in [-0.05, 0) is 27.2 Å². The van der Waals surface area contributed by atoms with Crippen LogP contribution in [0.2, 0.25) is 0 Å². The first-order valence-electron chi connectivity index (χ1n) is 5.41. The Hall–Kier alpha value is -1.33. The van der Waals surface area contributed by atoms with Gasteiger partial charge in [-0.15, -0.1) is 0 Å². The number of rotatable bonds is 1. The lowest BCUT2D eigenvalue weighted by Gasteiger charge is -2.30. The number of likely N-dealkylation sites (tertiary alicyclic amines) is 1. The molecule has 0 aromatic rings. The lowest BCUT2D eigenvalue weighted by Crippen LogP contribution is -2.46. The van der Waals surface area contributed by atoms with Crippen LogP contribution in [-0.4, -0.2) is 40.6 Å². The molecule has 0 aromatic carbocycles. The van der Waals surface area contributed by atoms with Crippen molar-refractivity contribution < 1.29 is 14.5 Å². The van der Waals surface area contributed by atoms with E-state index in [-0.39, 0.29) is 11.5 Å². The number of carbonyl (C=O) groups excluding carboxylic acids is 1. The number of hydrogen-bond donors (Lipinski definition) is 0. The molecule has 1 aliphatic heterocycles. The summed E-state index contributed by atoms with van der Waals surface area (Å²) in [7, 11) is 0. The first-order chi connectivity index (χ1) is 7.29. The van der Waals surface area contributed by atoms with E-state index in [1.165, 1.54) is 4.90 Å². The van der Waals surface area contributed by atoms with Crippen molar-refractivity contribution in [1.82, 2.24) is 4.90 Å². The molecule has 0 radical (unpaired) electrons. The highest BCUT2D eigenvalue weighted by molar-refractivity contribution is 5.68. The van der Waals surface area contributed by atoms with Gasteiger partial charge < -0.3 is 9.64 Å². The van der Waals surface area contributed by atoms with E-state index in [4.69, 9.17) is 4.74 Å². The molecular weight excluding hydrogens is 212 g/mol. The van der Waals surface area contributed by atoms with Gasteiger partial charge in [0.2, 0.25) is 6.04 Å². The fraction of sp³-hybridized carbons (Fsp3) is 0.900. The second kappa shape index (κ2) is 4.67. The molecule has 1 rings (SSSR count). The van der Waals surface area contributed by atoms with Gasteiger partial charge in [-0.1, -0.05) is 0 Å². The zero-order valence-corrected chi connectivity index (χ0v) is 9.93. The molecule has 16 heavy (non-hydrogen) atoms. The Kier molecular flexibility index (Phi) is 3.72. The number of ether oxygens (including phenoxy) is 1. The molecule has 1 amide bonds. The van der Waals surface area contributed by atoms with Gasteiger partial charge >= 0.3 is 6.09 Å². The standard InChI is InChI=1S/C10H18N2O4/c1-10(2,3)16-9(13)11-6-4-5-8(7-11)12(14)15/h8H,4-7H2,1-3H3. The van der Waals surface area contributed by atoms with E-state index in [1.54, 1.807) is 20.8 Å². The summed E-state index contributed by atoms with van der Waals surface area (Å²) in [5, 5.41) is 10.6. The largest absolute Gasteiger partial charge is 0.444 e. The summed E-state index contributed by atoms with van der Waals surface area (Å²) in [6, 6.07) is -0.652. The average molecular weight is 230 g/mol. The minimum Gasteiger partial charge on any atom is -0.444 e. The minimum absolute atomic E-state index is 0.155. The molecule has 1 aliphatic rings. The first-order valence-corrected chi connectivity index (χ1v) is 5.41. The SMILES string of the molecule is CC(C)(C)OC(=O)N1CCCC([N+](=O)[O-])C1. The summed E-state index contributed by atoms with van der Waals surface area (Å²) in [4.78, 5) is 23.4. The molecule has 1 saturated heterocycles. The van der Waals surface area contributed by atoms with Gasteiger partial charge in [0, 0.05) is 17.9 Å². The molecule has 1 fully saturated rings. The molecule has 92 valence electrons. The molecule has 0 spiro atoms. The van der Waals surface area contributed by atoms with Crippen LogP contribution in [0.3, 0.4) is 0 Å². The summed E-state index contributed by atoms with van der Waals surface area (Å²) in [5.74, 6) is 0. The molecule has 6 heteroatoms. The van der Waals surface area contributed by atoms with Crippen LogP contribution in [0.25, 0.3) is 0 Å². The van der Waals surface area contributed by atoms with Crippen LogP contribution in [0.5, 0.6) is 0 Å². The van der Waals surface area contributed by atoms with E-state index in [2.05, 4.69) is 0 Å². The van der Waals surface area contributed by atoms with Crippen molar-refractivity contribution in [2.24, 2.45) is 0 Å². The molecule has 0 bridgehead atoms. The van der Waals surface area contributed by atoms with Gasteiger partial charge in [-0.2, -0.15) is 0 Å². The maximum Gasteiger partial charge on any atom is 0.410 e. The maximum atomic E-state index is 11.7. The van der Waals surface area contributed by atoms with Crippen LogP contribution in [0, 0.1) is 10.1 Å². The Labute approximate surface area is 94.7 Å². The fourth-order valence-electron chi connectivity index (χ4n) is 1.62. The molecule has 1 heterocycles. The Morgan fingerprint density at radius 1 is 1.50 bits per heavy atom. The lowest BCUT2D eigenvalue weighted by atomic mass is 10.1. The number of carbonyl (C=O) groups is 1. The Bertz CT molecular complexity index is 285. The van der Waals surface area contributed by atoms with Gasteiger partial charge in [0.05, 0.1) is 6.54 Å². The Balaban J connectivity index is 2.54. The van der Waals surface area contributed by atoms with E-state index in [0.29, 0.717) is 19.4 Å². The molecule has 0 aromatic heterocycles. The Morgan fingerprint density at radius 3 is 2.62 bits per heavy atom. The second-order valence-electron chi connectivity index (χ2n) is 5.01. The molecule has 0 N–H and O–H groups in total. The van der Waals surface area contributed by atoms with E-state index in [9.17, 15) is 14.9 Å². The summed E-state index contributed by atoms with van der Waals surface area (Å²) in [6.45, 7) is 6.03. The lowest BCUT2D eigenvalue weighted by molar-refractivity contribution is -0.525. The predicted molar refractivity (Wildman–Crippen MR) is 57.8 cm³/mol.